The molecule has 9 heteroatoms. The predicted molar refractivity (Wildman–Crippen MR) is 77.7 cm³/mol. The second-order valence-corrected chi connectivity index (χ2v) is 6.27. The van der Waals surface area contributed by atoms with E-state index in [1.165, 1.54) is 24.1 Å². The van der Waals surface area contributed by atoms with Crippen LogP contribution in [0.5, 0.6) is 0 Å². The highest BCUT2D eigenvalue weighted by Crippen LogP contribution is 2.24. The summed E-state index contributed by atoms with van der Waals surface area (Å²) in [6.45, 7) is 0. The number of aryl methyl sites for hydroxylation is 1. The van der Waals surface area contributed by atoms with Gasteiger partial charge in [0.15, 0.2) is 10.9 Å². The predicted octanol–water partition coefficient (Wildman–Crippen LogP) is 0.340. The molecule has 2 rings (SSSR count). The fourth-order valence-electron chi connectivity index (χ4n) is 1.81. The largest absolute Gasteiger partial charge is 0.409 e. The highest BCUT2D eigenvalue weighted by molar-refractivity contribution is 7.92. The van der Waals surface area contributed by atoms with Crippen molar-refractivity contribution in [2.45, 2.75) is 5.03 Å². The van der Waals surface area contributed by atoms with Gasteiger partial charge in [-0.25, -0.2) is 4.98 Å². The first-order chi connectivity index (χ1) is 9.87. The smallest absolute Gasteiger partial charge is 0.283 e. The fourth-order valence-corrected chi connectivity index (χ4v) is 2.99. The fraction of sp³-hybridized carbons (Fsp3) is 0.167. The van der Waals surface area contributed by atoms with Gasteiger partial charge in [0.2, 0.25) is 0 Å². The molecule has 0 amide bonds. The Morgan fingerprint density at radius 1 is 1.43 bits per heavy atom. The van der Waals surface area contributed by atoms with Crippen LogP contribution in [0.2, 0.25) is 0 Å². The van der Waals surface area contributed by atoms with E-state index in [9.17, 15) is 8.42 Å². The van der Waals surface area contributed by atoms with Crippen LogP contribution in [0.3, 0.4) is 0 Å². The Kier molecular flexibility index (Phi) is 3.85. The number of imidazole rings is 1. The number of amidine groups is 1. The molecule has 0 atom stereocenters. The molecule has 0 bridgehead atoms. The number of aromatic nitrogens is 2. The van der Waals surface area contributed by atoms with Crippen LogP contribution in [0.15, 0.2) is 47.0 Å². The van der Waals surface area contributed by atoms with Crippen LogP contribution in [0.1, 0.15) is 5.56 Å². The van der Waals surface area contributed by atoms with E-state index < -0.39 is 10.0 Å². The van der Waals surface area contributed by atoms with Crippen LogP contribution >= 0.6 is 0 Å². The monoisotopic (exact) mass is 309 g/mol. The Labute approximate surface area is 122 Å². The van der Waals surface area contributed by atoms with Crippen LogP contribution in [0.4, 0.5) is 5.69 Å². The lowest BCUT2D eigenvalue weighted by molar-refractivity contribution is 0.318. The lowest BCUT2D eigenvalue weighted by Gasteiger charge is -2.20. The number of rotatable bonds is 4. The highest BCUT2D eigenvalue weighted by Gasteiger charge is 2.26. The van der Waals surface area contributed by atoms with Gasteiger partial charge in [0.25, 0.3) is 10.0 Å². The topological polar surface area (TPSA) is 114 Å². The number of para-hydroxylation sites is 1. The number of nitrogens with zero attached hydrogens (tertiary/aromatic N) is 4. The minimum absolute atomic E-state index is 0.0817. The van der Waals surface area contributed by atoms with Gasteiger partial charge >= 0.3 is 0 Å². The van der Waals surface area contributed by atoms with Crippen LogP contribution in [-0.4, -0.2) is 36.1 Å². The average molecular weight is 309 g/mol. The summed E-state index contributed by atoms with van der Waals surface area (Å²) in [6, 6.07) is 6.45. The highest BCUT2D eigenvalue weighted by atomic mass is 32.2. The quantitative estimate of drug-likeness (QED) is 0.366. The third-order valence-electron chi connectivity index (χ3n) is 2.93. The number of hydrogen-bond acceptors (Lipinski definition) is 5. The number of anilines is 1. The van der Waals surface area contributed by atoms with E-state index in [4.69, 9.17) is 10.9 Å². The molecule has 8 nitrogen and oxygen atoms in total. The Morgan fingerprint density at radius 3 is 2.67 bits per heavy atom. The van der Waals surface area contributed by atoms with Gasteiger partial charge in [0, 0.05) is 25.9 Å². The molecule has 1 heterocycles. The first-order valence-electron chi connectivity index (χ1n) is 5.91. The summed E-state index contributed by atoms with van der Waals surface area (Å²) < 4.78 is 27.6. The Bertz CT molecular complexity index is 782. The maximum atomic E-state index is 12.5. The molecule has 3 N–H and O–H groups in total. The van der Waals surface area contributed by atoms with Crippen molar-refractivity contribution in [3.05, 3.63) is 42.4 Å². The van der Waals surface area contributed by atoms with Crippen LogP contribution in [0, 0.1) is 0 Å². The number of oxime groups is 1. The van der Waals surface area contributed by atoms with E-state index in [-0.39, 0.29) is 10.9 Å². The summed E-state index contributed by atoms with van der Waals surface area (Å²) in [5.74, 6) is -0.173. The number of benzene rings is 1. The molecular formula is C12H15N5O3S. The van der Waals surface area contributed by atoms with Gasteiger partial charge in [-0.15, -0.1) is 0 Å². The van der Waals surface area contributed by atoms with Crippen LogP contribution in [0.25, 0.3) is 0 Å². The van der Waals surface area contributed by atoms with Gasteiger partial charge in [-0.1, -0.05) is 17.3 Å². The zero-order chi connectivity index (χ0) is 15.6. The molecule has 1 aromatic carbocycles. The summed E-state index contributed by atoms with van der Waals surface area (Å²) >= 11 is 0. The molecular weight excluding hydrogens is 294 g/mol. The summed E-state index contributed by atoms with van der Waals surface area (Å²) in [7, 11) is -0.767. The van der Waals surface area contributed by atoms with Gasteiger partial charge in [-0.05, 0) is 12.1 Å². The molecule has 112 valence electrons. The molecule has 0 aliphatic rings. The standard InChI is InChI=1S/C12H15N5O3S/c1-16-7-11(14-8-16)21(19,20)17(2)10-6-4-3-5-9(10)12(13)15-18/h3-8,18H,1-2H3,(H2,13,15). The zero-order valence-corrected chi connectivity index (χ0v) is 12.3. The Balaban J connectivity index is 2.53. The molecule has 2 aromatic rings. The number of nitrogens with two attached hydrogens (primary N) is 1. The second-order valence-electron chi connectivity index (χ2n) is 4.35. The van der Waals surface area contributed by atoms with E-state index in [1.807, 2.05) is 0 Å². The maximum Gasteiger partial charge on any atom is 0.283 e. The first kappa shape index (κ1) is 14.9. The molecule has 0 fully saturated rings. The van der Waals surface area contributed by atoms with Crippen molar-refractivity contribution in [3.63, 3.8) is 0 Å². The van der Waals surface area contributed by atoms with Crippen LogP contribution < -0.4 is 10.0 Å². The molecule has 0 saturated carbocycles. The van der Waals surface area contributed by atoms with Crippen molar-refractivity contribution in [2.24, 2.45) is 17.9 Å². The van der Waals surface area contributed by atoms with E-state index in [0.717, 1.165) is 4.31 Å². The van der Waals surface area contributed by atoms with E-state index in [1.54, 1.807) is 31.3 Å². The minimum atomic E-state index is -3.83. The SMILES string of the molecule is CN(c1ccccc1/C(N)=N/O)S(=O)(=O)c1cn(C)cn1. The van der Waals surface area contributed by atoms with E-state index in [2.05, 4.69) is 10.1 Å². The molecule has 0 aliphatic carbocycles. The van der Waals surface area contributed by atoms with Crippen molar-refractivity contribution in [2.75, 3.05) is 11.4 Å². The molecule has 0 aliphatic heterocycles. The lowest BCUT2D eigenvalue weighted by atomic mass is 10.1. The number of sulfonamides is 1. The van der Waals surface area contributed by atoms with Gasteiger partial charge in [0.05, 0.1) is 12.0 Å². The maximum absolute atomic E-state index is 12.5. The summed E-state index contributed by atoms with van der Waals surface area (Å²) in [4.78, 5) is 3.85. The summed E-state index contributed by atoms with van der Waals surface area (Å²) in [6.07, 6.45) is 2.80. The minimum Gasteiger partial charge on any atom is -0.409 e. The Morgan fingerprint density at radius 2 is 2.10 bits per heavy atom. The molecule has 1 aromatic heterocycles. The van der Waals surface area contributed by atoms with Crippen molar-refractivity contribution in [3.8, 4) is 0 Å². The zero-order valence-electron chi connectivity index (χ0n) is 11.5. The summed E-state index contributed by atoms with van der Waals surface area (Å²) in [5, 5.41) is 11.6. The Hall–Kier alpha value is -2.55. The first-order valence-corrected chi connectivity index (χ1v) is 7.35. The van der Waals surface area contributed by atoms with Gasteiger partial charge in [-0.2, -0.15) is 8.42 Å². The average Bonchev–Trinajstić information content (AvgIpc) is 2.93. The normalized spacial score (nSPS) is 12.4. The molecule has 21 heavy (non-hydrogen) atoms. The van der Waals surface area contributed by atoms with Gasteiger partial charge in [-0.3, -0.25) is 4.31 Å². The third-order valence-corrected chi connectivity index (χ3v) is 4.59. The van der Waals surface area contributed by atoms with Gasteiger partial charge in [0.1, 0.15) is 0 Å². The molecule has 0 saturated heterocycles. The van der Waals surface area contributed by atoms with Crippen LogP contribution in [-0.2, 0) is 17.1 Å². The summed E-state index contributed by atoms with van der Waals surface area (Å²) in [5.41, 5.74) is 6.18. The van der Waals surface area contributed by atoms with Crippen molar-refractivity contribution >= 4 is 21.5 Å². The molecule has 0 spiro atoms. The third kappa shape index (κ3) is 2.68. The van der Waals surface area contributed by atoms with Crippen molar-refractivity contribution in [1.29, 1.82) is 0 Å². The molecule has 0 unspecified atom stereocenters. The second kappa shape index (κ2) is 5.44. The van der Waals surface area contributed by atoms with E-state index in [0.29, 0.717) is 11.3 Å². The molecule has 0 radical (unpaired) electrons. The lowest BCUT2D eigenvalue weighted by Crippen LogP contribution is -2.29. The van der Waals surface area contributed by atoms with Crippen molar-refractivity contribution < 1.29 is 13.6 Å². The van der Waals surface area contributed by atoms with E-state index >= 15 is 0 Å². The van der Waals surface area contributed by atoms with Crippen molar-refractivity contribution in [1.82, 2.24) is 9.55 Å². The number of hydrogen-bond donors (Lipinski definition) is 2. The van der Waals surface area contributed by atoms with Gasteiger partial charge < -0.3 is 15.5 Å².